The molecular formula is C14H19N3O3S. The molecule has 0 bridgehead atoms. The third kappa shape index (κ3) is 2.68. The van der Waals surface area contributed by atoms with Gasteiger partial charge in [0.2, 0.25) is 10.0 Å². The summed E-state index contributed by atoms with van der Waals surface area (Å²) in [6.07, 6.45) is 0.742. The van der Waals surface area contributed by atoms with Crippen molar-refractivity contribution in [3.05, 3.63) is 29.3 Å². The maximum Gasteiger partial charge on any atom is 0.251 e. The van der Waals surface area contributed by atoms with Crippen LogP contribution in [0.25, 0.3) is 0 Å². The van der Waals surface area contributed by atoms with Gasteiger partial charge < -0.3 is 10.6 Å². The second-order valence-corrected chi connectivity index (χ2v) is 7.48. The first-order valence-corrected chi connectivity index (χ1v) is 8.57. The van der Waals surface area contributed by atoms with Crippen LogP contribution in [0.2, 0.25) is 0 Å². The smallest absolute Gasteiger partial charge is 0.251 e. The molecule has 1 aromatic rings. The molecule has 2 aliphatic heterocycles. The lowest BCUT2D eigenvalue weighted by molar-refractivity contribution is 0.0945. The monoisotopic (exact) mass is 309 g/mol. The van der Waals surface area contributed by atoms with Gasteiger partial charge in [-0.15, -0.1) is 0 Å². The molecule has 7 heteroatoms. The van der Waals surface area contributed by atoms with E-state index in [4.69, 9.17) is 0 Å². The zero-order valence-electron chi connectivity index (χ0n) is 11.9. The Labute approximate surface area is 124 Å². The van der Waals surface area contributed by atoms with Gasteiger partial charge in [0, 0.05) is 37.8 Å². The molecule has 21 heavy (non-hydrogen) atoms. The highest BCUT2D eigenvalue weighted by Crippen LogP contribution is 2.22. The maximum atomic E-state index is 12.7. The lowest BCUT2D eigenvalue weighted by Crippen LogP contribution is -2.51. The highest BCUT2D eigenvalue weighted by molar-refractivity contribution is 7.89. The van der Waals surface area contributed by atoms with E-state index in [0.29, 0.717) is 31.7 Å². The Morgan fingerprint density at radius 2 is 2.10 bits per heavy atom. The number of nitrogens with zero attached hydrogens (tertiary/aromatic N) is 1. The lowest BCUT2D eigenvalue weighted by Gasteiger charge is -2.31. The molecule has 1 saturated heterocycles. The van der Waals surface area contributed by atoms with E-state index in [1.165, 1.54) is 10.4 Å². The van der Waals surface area contributed by atoms with E-state index in [-0.39, 0.29) is 16.8 Å². The van der Waals surface area contributed by atoms with Crippen molar-refractivity contribution in [1.82, 2.24) is 14.9 Å². The van der Waals surface area contributed by atoms with Gasteiger partial charge in [-0.2, -0.15) is 4.31 Å². The number of hydrogen-bond acceptors (Lipinski definition) is 4. The largest absolute Gasteiger partial charge is 0.352 e. The van der Waals surface area contributed by atoms with Crippen molar-refractivity contribution in [2.75, 3.05) is 26.2 Å². The van der Waals surface area contributed by atoms with Crippen LogP contribution < -0.4 is 10.6 Å². The maximum absolute atomic E-state index is 12.7. The first-order valence-electron chi connectivity index (χ1n) is 7.13. The van der Waals surface area contributed by atoms with E-state index in [9.17, 15) is 13.2 Å². The molecule has 2 N–H and O–H groups in total. The van der Waals surface area contributed by atoms with Crippen LogP contribution in [0.5, 0.6) is 0 Å². The van der Waals surface area contributed by atoms with Crippen LogP contribution in [0.15, 0.2) is 23.1 Å². The number of sulfonamides is 1. The molecule has 1 unspecified atom stereocenters. The molecule has 114 valence electrons. The van der Waals surface area contributed by atoms with Gasteiger partial charge in [0.15, 0.2) is 0 Å². The van der Waals surface area contributed by atoms with Crippen LogP contribution >= 0.6 is 0 Å². The Kier molecular flexibility index (Phi) is 3.73. The summed E-state index contributed by atoms with van der Waals surface area (Å²) in [5.41, 5.74) is 1.39. The van der Waals surface area contributed by atoms with Gasteiger partial charge in [-0.3, -0.25) is 4.79 Å². The third-order valence-electron chi connectivity index (χ3n) is 3.98. The third-order valence-corrected chi connectivity index (χ3v) is 5.84. The lowest BCUT2D eigenvalue weighted by atomic mass is 10.0. The van der Waals surface area contributed by atoms with Crippen molar-refractivity contribution in [1.29, 1.82) is 0 Å². The molecular weight excluding hydrogens is 290 g/mol. The summed E-state index contributed by atoms with van der Waals surface area (Å²) in [6, 6.07) is 5.01. The van der Waals surface area contributed by atoms with Crippen LogP contribution in [0.1, 0.15) is 22.8 Å². The van der Waals surface area contributed by atoms with Crippen molar-refractivity contribution in [2.24, 2.45) is 0 Å². The van der Waals surface area contributed by atoms with E-state index in [1.807, 2.05) is 6.92 Å². The number of fused-ring (bicyclic) bond motifs is 1. The second kappa shape index (κ2) is 5.40. The van der Waals surface area contributed by atoms with Crippen LogP contribution in [0.3, 0.4) is 0 Å². The Balaban J connectivity index is 1.96. The minimum absolute atomic E-state index is 0.134. The molecule has 2 aliphatic rings. The van der Waals surface area contributed by atoms with Gasteiger partial charge in [0.25, 0.3) is 5.91 Å². The minimum Gasteiger partial charge on any atom is -0.352 e. The zero-order chi connectivity index (χ0) is 15.0. The van der Waals surface area contributed by atoms with Gasteiger partial charge >= 0.3 is 0 Å². The fourth-order valence-corrected chi connectivity index (χ4v) is 4.37. The Morgan fingerprint density at radius 3 is 2.86 bits per heavy atom. The van der Waals surface area contributed by atoms with E-state index in [2.05, 4.69) is 10.6 Å². The molecule has 3 rings (SSSR count). The topological polar surface area (TPSA) is 78.5 Å². The first kappa shape index (κ1) is 14.5. The molecule has 1 amide bonds. The number of amides is 1. The van der Waals surface area contributed by atoms with Crippen LogP contribution in [-0.4, -0.2) is 50.9 Å². The first-order chi connectivity index (χ1) is 9.98. The summed E-state index contributed by atoms with van der Waals surface area (Å²) in [5, 5.41) is 5.97. The Morgan fingerprint density at radius 1 is 1.29 bits per heavy atom. The van der Waals surface area contributed by atoms with E-state index in [0.717, 1.165) is 12.0 Å². The van der Waals surface area contributed by atoms with Crippen molar-refractivity contribution in [3.8, 4) is 0 Å². The van der Waals surface area contributed by atoms with Crippen molar-refractivity contribution < 1.29 is 13.2 Å². The van der Waals surface area contributed by atoms with Crippen LogP contribution in [0.4, 0.5) is 0 Å². The van der Waals surface area contributed by atoms with Gasteiger partial charge in [-0.05, 0) is 31.0 Å². The molecule has 0 aromatic heterocycles. The molecule has 2 heterocycles. The molecule has 0 aliphatic carbocycles. The fraction of sp³-hybridized carbons (Fsp3) is 0.500. The number of nitrogens with one attached hydrogen (secondary N) is 2. The van der Waals surface area contributed by atoms with Gasteiger partial charge in [-0.1, -0.05) is 6.07 Å². The van der Waals surface area contributed by atoms with Gasteiger partial charge in [0.05, 0.1) is 4.90 Å². The van der Waals surface area contributed by atoms with Gasteiger partial charge in [0.1, 0.15) is 0 Å². The highest BCUT2D eigenvalue weighted by Gasteiger charge is 2.29. The number of carbonyl (C=O) groups excluding carboxylic acids is 1. The van der Waals surface area contributed by atoms with Gasteiger partial charge in [-0.25, -0.2) is 8.42 Å². The predicted molar refractivity (Wildman–Crippen MR) is 78.7 cm³/mol. The molecule has 6 nitrogen and oxygen atoms in total. The molecule has 0 spiro atoms. The summed E-state index contributed by atoms with van der Waals surface area (Å²) in [7, 11) is -3.54. The SMILES string of the molecule is CC1CN(S(=O)(=O)c2ccc3c(c2)C(=O)NCC3)CCN1. The summed E-state index contributed by atoms with van der Waals surface area (Å²) in [4.78, 5) is 12.1. The standard InChI is InChI=1S/C14H19N3O3S/c1-10-9-17(7-6-15-10)21(19,20)12-3-2-11-4-5-16-14(18)13(11)8-12/h2-3,8,10,15H,4-7,9H2,1H3,(H,16,18). The Bertz CT molecular complexity index is 672. The summed E-state index contributed by atoms with van der Waals surface area (Å²) < 4.78 is 26.9. The van der Waals surface area contributed by atoms with E-state index < -0.39 is 10.0 Å². The summed E-state index contributed by atoms with van der Waals surface area (Å²) >= 11 is 0. The van der Waals surface area contributed by atoms with E-state index >= 15 is 0 Å². The average molecular weight is 309 g/mol. The second-order valence-electron chi connectivity index (χ2n) is 5.54. The molecule has 1 atom stereocenters. The summed E-state index contributed by atoms with van der Waals surface area (Å²) in [6.45, 7) is 4.11. The number of benzene rings is 1. The van der Waals surface area contributed by atoms with Crippen molar-refractivity contribution in [2.45, 2.75) is 24.3 Å². The molecule has 0 radical (unpaired) electrons. The van der Waals surface area contributed by atoms with E-state index in [1.54, 1.807) is 12.1 Å². The normalized spacial score (nSPS) is 23.5. The molecule has 1 fully saturated rings. The zero-order valence-corrected chi connectivity index (χ0v) is 12.7. The molecule has 1 aromatic carbocycles. The van der Waals surface area contributed by atoms with Crippen molar-refractivity contribution in [3.63, 3.8) is 0 Å². The Hall–Kier alpha value is -1.44. The summed E-state index contributed by atoms with van der Waals surface area (Å²) in [5.74, 6) is -0.193. The number of rotatable bonds is 2. The van der Waals surface area contributed by atoms with Crippen LogP contribution in [-0.2, 0) is 16.4 Å². The highest BCUT2D eigenvalue weighted by atomic mass is 32.2. The minimum atomic E-state index is -3.54. The number of hydrogen-bond donors (Lipinski definition) is 2. The number of piperazine rings is 1. The molecule has 0 saturated carbocycles. The average Bonchev–Trinajstić information content (AvgIpc) is 2.47. The fourth-order valence-electron chi connectivity index (χ4n) is 2.82. The van der Waals surface area contributed by atoms with Crippen molar-refractivity contribution >= 4 is 15.9 Å². The quantitative estimate of drug-likeness (QED) is 0.803. The predicted octanol–water partition coefficient (Wildman–Crippen LogP) is -0.0451. The van der Waals surface area contributed by atoms with Crippen LogP contribution in [0, 0.1) is 0 Å². The number of carbonyl (C=O) groups is 1.